The third-order valence-electron chi connectivity index (χ3n) is 3.89. The van der Waals surface area contributed by atoms with E-state index in [1.54, 1.807) is 23.1 Å². The molecule has 21 heavy (non-hydrogen) atoms. The summed E-state index contributed by atoms with van der Waals surface area (Å²) in [6, 6.07) is 5.21. The third kappa shape index (κ3) is 2.61. The van der Waals surface area contributed by atoms with E-state index in [-0.39, 0.29) is 17.8 Å². The number of benzene rings is 1. The normalized spacial score (nSPS) is 16.1. The van der Waals surface area contributed by atoms with Gasteiger partial charge in [0.25, 0.3) is 5.91 Å². The first kappa shape index (κ1) is 13.6. The Labute approximate surface area is 121 Å². The van der Waals surface area contributed by atoms with E-state index in [1.165, 1.54) is 13.5 Å². The Morgan fingerprint density at radius 3 is 2.81 bits per heavy atom. The molecule has 0 saturated carbocycles. The smallest absolute Gasteiger partial charge is 0.308 e. The van der Waals surface area contributed by atoms with Crippen LogP contribution >= 0.6 is 0 Å². The van der Waals surface area contributed by atoms with Gasteiger partial charge in [-0.15, -0.1) is 0 Å². The van der Waals surface area contributed by atoms with Gasteiger partial charge in [0.15, 0.2) is 12.0 Å². The van der Waals surface area contributed by atoms with Gasteiger partial charge in [0.05, 0.1) is 13.0 Å². The summed E-state index contributed by atoms with van der Waals surface area (Å²) in [6.45, 7) is 1.13. The van der Waals surface area contributed by atoms with E-state index < -0.39 is 0 Å². The van der Waals surface area contributed by atoms with E-state index in [0.29, 0.717) is 42.6 Å². The summed E-state index contributed by atoms with van der Waals surface area (Å²) in [5, 5.41) is 0. The lowest BCUT2D eigenvalue weighted by Crippen LogP contribution is -2.40. The minimum absolute atomic E-state index is 0.0387. The van der Waals surface area contributed by atoms with Crippen molar-refractivity contribution in [1.29, 1.82) is 0 Å². The third-order valence-corrected chi connectivity index (χ3v) is 3.89. The number of hydrogen-bond donors (Lipinski definition) is 0. The number of hydrogen-bond acceptors (Lipinski definition) is 5. The molecule has 1 saturated heterocycles. The van der Waals surface area contributed by atoms with Gasteiger partial charge in [-0.05, 0) is 31.0 Å². The quantitative estimate of drug-likeness (QED) is 0.789. The molecule has 0 atom stereocenters. The zero-order chi connectivity index (χ0) is 14.8. The Bertz CT molecular complexity index is 671. The fourth-order valence-corrected chi connectivity index (χ4v) is 2.66. The van der Waals surface area contributed by atoms with Crippen LogP contribution in [0.1, 0.15) is 23.2 Å². The number of rotatable bonds is 2. The molecular weight excluding hydrogens is 272 g/mol. The van der Waals surface area contributed by atoms with Gasteiger partial charge in [-0.1, -0.05) is 0 Å². The molecule has 2 heterocycles. The number of carbonyl (C=O) groups is 2. The van der Waals surface area contributed by atoms with Crippen molar-refractivity contribution < 1.29 is 18.7 Å². The van der Waals surface area contributed by atoms with Crippen LogP contribution in [0.4, 0.5) is 0 Å². The van der Waals surface area contributed by atoms with Crippen molar-refractivity contribution in [2.45, 2.75) is 12.8 Å². The molecule has 0 spiro atoms. The number of nitrogens with zero attached hydrogens (tertiary/aromatic N) is 2. The fourth-order valence-electron chi connectivity index (χ4n) is 2.66. The molecule has 1 aliphatic rings. The summed E-state index contributed by atoms with van der Waals surface area (Å²) in [7, 11) is 1.40. The van der Waals surface area contributed by atoms with E-state index in [1.807, 2.05) is 0 Å². The first-order chi connectivity index (χ1) is 10.2. The van der Waals surface area contributed by atoms with Crippen LogP contribution in [0.15, 0.2) is 29.0 Å². The van der Waals surface area contributed by atoms with E-state index in [9.17, 15) is 9.59 Å². The molecule has 1 amide bonds. The van der Waals surface area contributed by atoms with Crippen LogP contribution in [-0.2, 0) is 9.53 Å². The van der Waals surface area contributed by atoms with Gasteiger partial charge in [0, 0.05) is 18.7 Å². The van der Waals surface area contributed by atoms with Crippen molar-refractivity contribution in [3.05, 3.63) is 30.2 Å². The lowest BCUT2D eigenvalue weighted by Gasteiger charge is -2.30. The molecule has 0 bridgehead atoms. The second-order valence-corrected chi connectivity index (χ2v) is 5.12. The zero-order valence-electron chi connectivity index (χ0n) is 11.7. The van der Waals surface area contributed by atoms with Crippen molar-refractivity contribution in [2.75, 3.05) is 20.2 Å². The molecule has 6 heteroatoms. The number of piperidine rings is 1. The highest BCUT2D eigenvalue weighted by Crippen LogP contribution is 2.21. The van der Waals surface area contributed by atoms with Crippen molar-refractivity contribution in [3.8, 4) is 0 Å². The Hall–Kier alpha value is -2.37. The van der Waals surface area contributed by atoms with Crippen LogP contribution in [0.25, 0.3) is 11.1 Å². The van der Waals surface area contributed by atoms with Crippen LogP contribution in [0.2, 0.25) is 0 Å². The van der Waals surface area contributed by atoms with Crippen LogP contribution in [0, 0.1) is 5.92 Å². The Balaban J connectivity index is 1.70. The van der Waals surface area contributed by atoms with Crippen LogP contribution in [0.5, 0.6) is 0 Å². The molecule has 2 aromatic rings. The van der Waals surface area contributed by atoms with Gasteiger partial charge < -0.3 is 14.1 Å². The van der Waals surface area contributed by atoms with Gasteiger partial charge in [0.1, 0.15) is 5.52 Å². The van der Waals surface area contributed by atoms with E-state index in [2.05, 4.69) is 4.98 Å². The molecule has 6 nitrogen and oxygen atoms in total. The Kier molecular flexibility index (Phi) is 3.60. The maximum absolute atomic E-state index is 12.5. The van der Waals surface area contributed by atoms with Crippen LogP contribution in [-0.4, -0.2) is 42.0 Å². The molecular formula is C15H16N2O4. The summed E-state index contributed by atoms with van der Waals surface area (Å²) in [5.74, 6) is -0.327. The number of fused-ring (bicyclic) bond motifs is 1. The molecule has 0 unspecified atom stereocenters. The second kappa shape index (κ2) is 5.55. The zero-order valence-corrected chi connectivity index (χ0v) is 11.7. The van der Waals surface area contributed by atoms with Gasteiger partial charge in [-0.25, -0.2) is 4.98 Å². The molecule has 110 valence electrons. The highest BCUT2D eigenvalue weighted by molar-refractivity contribution is 5.97. The van der Waals surface area contributed by atoms with E-state index >= 15 is 0 Å². The first-order valence-corrected chi connectivity index (χ1v) is 6.89. The lowest BCUT2D eigenvalue weighted by atomic mass is 9.96. The van der Waals surface area contributed by atoms with E-state index in [4.69, 9.17) is 9.15 Å². The van der Waals surface area contributed by atoms with Crippen molar-refractivity contribution in [1.82, 2.24) is 9.88 Å². The molecule has 1 aromatic heterocycles. The number of esters is 1. The number of likely N-dealkylation sites (tertiary alicyclic amines) is 1. The topological polar surface area (TPSA) is 72.6 Å². The molecule has 3 rings (SSSR count). The van der Waals surface area contributed by atoms with Crippen LogP contribution < -0.4 is 0 Å². The summed E-state index contributed by atoms with van der Waals surface area (Å²) in [4.78, 5) is 29.8. The number of ether oxygens (including phenoxy) is 1. The van der Waals surface area contributed by atoms with Gasteiger partial charge >= 0.3 is 5.97 Å². The Morgan fingerprint density at radius 2 is 2.10 bits per heavy atom. The molecule has 1 aromatic carbocycles. The van der Waals surface area contributed by atoms with E-state index in [0.717, 1.165) is 0 Å². The fraction of sp³-hybridized carbons (Fsp3) is 0.400. The molecule has 1 fully saturated rings. The second-order valence-electron chi connectivity index (χ2n) is 5.12. The van der Waals surface area contributed by atoms with Crippen molar-refractivity contribution in [3.63, 3.8) is 0 Å². The molecule has 1 aliphatic heterocycles. The summed E-state index contributed by atoms with van der Waals surface area (Å²) >= 11 is 0. The predicted octanol–water partition coefficient (Wildman–Crippen LogP) is 1.85. The SMILES string of the molecule is COC(=O)C1CCN(C(=O)c2ccc3ocnc3c2)CC1. The highest BCUT2D eigenvalue weighted by Gasteiger charge is 2.28. The minimum Gasteiger partial charge on any atom is -0.469 e. The minimum atomic E-state index is -0.189. The number of amides is 1. The number of aromatic nitrogens is 1. The largest absolute Gasteiger partial charge is 0.469 e. The lowest BCUT2D eigenvalue weighted by molar-refractivity contribution is -0.146. The Morgan fingerprint density at radius 1 is 1.33 bits per heavy atom. The summed E-state index contributed by atoms with van der Waals surface area (Å²) in [5.41, 5.74) is 1.93. The number of carbonyl (C=O) groups excluding carboxylic acids is 2. The number of oxazole rings is 1. The average molecular weight is 288 g/mol. The summed E-state index contributed by atoms with van der Waals surface area (Å²) < 4.78 is 9.91. The van der Waals surface area contributed by atoms with Crippen molar-refractivity contribution >= 4 is 23.0 Å². The maximum Gasteiger partial charge on any atom is 0.308 e. The standard InChI is InChI=1S/C15H16N2O4/c1-20-15(19)10-4-6-17(7-5-10)14(18)11-2-3-13-12(8-11)16-9-21-13/h2-3,8-10H,4-7H2,1H3. The monoisotopic (exact) mass is 288 g/mol. The predicted molar refractivity (Wildman–Crippen MR) is 74.7 cm³/mol. The average Bonchev–Trinajstić information content (AvgIpc) is 3.01. The molecule has 0 radical (unpaired) electrons. The highest BCUT2D eigenvalue weighted by atomic mass is 16.5. The molecule has 0 N–H and O–H groups in total. The van der Waals surface area contributed by atoms with Gasteiger partial charge in [-0.3, -0.25) is 9.59 Å². The summed E-state index contributed by atoms with van der Waals surface area (Å²) in [6.07, 6.45) is 2.65. The maximum atomic E-state index is 12.5. The van der Waals surface area contributed by atoms with Crippen LogP contribution in [0.3, 0.4) is 0 Å². The molecule has 0 aliphatic carbocycles. The number of methoxy groups -OCH3 is 1. The van der Waals surface area contributed by atoms with Crippen molar-refractivity contribution in [2.24, 2.45) is 5.92 Å². The van der Waals surface area contributed by atoms with Gasteiger partial charge in [0.2, 0.25) is 0 Å². The first-order valence-electron chi connectivity index (χ1n) is 6.89. The van der Waals surface area contributed by atoms with Gasteiger partial charge in [-0.2, -0.15) is 0 Å².